The average molecular weight is 634 g/mol. The minimum atomic E-state index is -1.85. The van der Waals surface area contributed by atoms with E-state index in [1.54, 1.807) is 0 Å². The summed E-state index contributed by atoms with van der Waals surface area (Å²) >= 11 is 0. The monoisotopic (exact) mass is 633 g/mol. The third-order valence-electron chi connectivity index (χ3n) is 6.17. The van der Waals surface area contributed by atoms with Crippen molar-refractivity contribution >= 4 is 47.5 Å². The van der Waals surface area contributed by atoms with Crippen molar-refractivity contribution in [3.63, 3.8) is 0 Å². The van der Waals surface area contributed by atoms with E-state index in [4.69, 9.17) is 22.3 Å². The van der Waals surface area contributed by atoms with Gasteiger partial charge in [-0.3, -0.25) is 33.6 Å². The van der Waals surface area contributed by atoms with Crippen molar-refractivity contribution in [1.82, 2.24) is 21.3 Å². The Labute approximate surface area is 252 Å². The van der Waals surface area contributed by atoms with Gasteiger partial charge >= 0.3 is 23.9 Å². The average Bonchev–Trinajstić information content (AvgIpc) is 2.92. The van der Waals surface area contributed by atoms with E-state index in [2.05, 4.69) is 21.3 Å². The van der Waals surface area contributed by atoms with Crippen molar-refractivity contribution in [1.29, 1.82) is 0 Å². The number of carboxylic acid groups (broad SMARTS) is 4. The molecule has 0 aromatic carbocycles. The van der Waals surface area contributed by atoms with Gasteiger partial charge in [0.15, 0.2) is 0 Å². The number of amides is 4. The number of carboxylic acids is 4. The lowest BCUT2D eigenvalue weighted by atomic mass is 10.1. The summed E-state index contributed by atoms with van der Waals surface area (Å²) in [6, 6.07) is -7.89. The van der Waals surface area contributed by atoms with Gasteiger partial charge in [0, 0.05) is 6.42 Å². The molecule has 0 unspecified atom stereocenters. The van der Waals surface area contributed by atoms with E-state index in [-0.39, 0.29) is 19.4 Å². The standard InChI is InChI=1S/C25H43N7O12/c26-9-3-1-5-13(28)21(39)31-16(11-19(35)36)23(41)29-14(7-8-18(33)34)22(40)32-17(12-20(37)38)24(42)30-15(25(43)44)6-2-4-10-27/h13-17H,1-12,26-28H2,(H,29,41)(H,30,42)(H,31,39)(H,32,40)(H,33,34)(H,35,36)(H,37,38)(H,43,44)/t13-,14-,15-,16-,17-/m0/s1. The Balaban J connectivity index is 5.89. The molecule has 0 saturated carbocycles. The summed E-state index contributed by atoms with van der Waals surface area (Å²) in [5, 5.41) is 45.5. The van der Waals surface area contributed by atoms with Crippen molar-refractivity contribution < 1.29 is 58.8 Å². The largest absolute Gasteiger partial charge is 0.481 e. The van der Waals surface area contributed by atoms with Gasteiger partial charge in [0.2, 0.25) is 23.6 Å². The van der Waals surface area contributed by atoms with Crippen molar-refractivity contribution in [2.75, 3.05) is 13.1 Å². The van der Waals surface area contributed by atoms with Gasteiger partial charge in [-0.15, -0.1) is 0 Å². The van der Waals surface area contributed by atoms with Crippen LogP contribution in [0.1, 0.15) is 64.2 Å². The van der Waals surface area contributed by atoms with Crippen LogP contribution in [-0.4, -0.2) is 111 Å². The zero-order valence-corrected chi connectivity index (χ0v) is 24.2. The number of carbonyl (C=O) groups excluding carboxylic acids is 4. The van der Waals surface area contributed by atoms with Crippen LogP contribution in [0.25, 0.3) is 0 Å². The van der Waals surface area contributed by atoms with E-state index in [1.165, 1.54) is 0 Å². The molecule has 0 spiro atoms. The molecule has 0 aliphatic heterocycles. The number of carbonyl (C=O) groups is 8. The fourth-order valence-corrected chi connectivity index (χ4v) is 3.79. The second kappa shape index (κ2) is 21.3. The smallest absolute Gasteiger partial charge is 0.326 e. The number of unbranched alkanes of at least 4 members (excludes halogenated alkanes) is 2. The Bertz CT molecular complexity index is 1030. The predicted molar refractivity (Wildman–Crippen MR) is 151 cm³/mol. The summed E-state index contributed by atoms with van der Waals surface area (Å²) in [6.45, 7) is 0.613. The van der Waals surface area contributed by atoms with Crippen LogP contribution in [0.3, 0.4) is 0 Å². The number of rotatable bonds is 24. The van der Waals surface area contributed by atoms with Gasteiger partial charge in [0.05, 0.1) is 18.9 Å². The highest BCUT2D eigenvalue weighted by Gasteiger charge is 2.33. The van der Waals surface area contributed by atoms with Crippen LogP contribution in [0.4, 0.5) is 0 Å². The lowest BCUT2D eigenvalue weighted by Crippen LogP contribution is -2.59. The molecular formula is C25H43N7O12. The summed E-state index contributed by atoms with van der Waals surface area (Å²) in [6.07, 6.45) is -1.29. The Hall–Kier alpha value is -4.36. The van der Waals surface area contributed by atoms with Crippen LogP contribution in [0.15, 0.2) is 0 Å². The van der Waals surface area contributed by atoms with Crippen molar-refractivity contribution in [2.45, 2.75) is 94.4 Å². The van der Waals surface area contributed by atoms with Crippen LogP contribution >= 0.6 is 0 Å². The summed E-state index contributed by atoms with van der Waals surface area (Å²) < 4.78 is 0. The predicted octanol–water partition coefficient (Wildman–Crippen LogP) is -3.59. The molecule has 4 amide bonds. The number of nitrogens with two attached hydrogens (primary N) is 3. The summed E-state index contributed by atoms with van der Waals surface area (Å²) in [7, 11) is 0. The molecule has 0 rings (SSSR count). The highest BCUT2D eigenvalue weighted by molar-refractivity contribution is 5.97. The minimum absolute atomic E-state index is 0.0450. The maximum atomic E-state index is 13.1. The number of nitrogens with one attached hydrogen (secondary N) is 4. The molecule has 0 fully saturated rings. The van der Waals surface area contributed by atoms with E-state index < -0.39 is 103 Å². The van der Waals surface area contributed by atoms with Crippen LogP contribution in [-0.2, 0) is 38.4 Å². The van der Waals surface area contributed by atoms with Crippen molar-refractivity contribution in [3.05, 3.63) is 0 Å². The quantitative estimate of drug-likeness (QED) is 0.0457. The van der Waals surface area contributed by atoms with Crippen LogP contribution < -0.4 is 38.5 Å². The SMILES string of the molecule is NCCCC[C@H](NC(=O)[C@H](CC(=O)O)NC(=O)[C@H](CCC(=O)O)NC(=O)[C@H](CC(=O)O)NC(=O)[C@@H](N)CCCCN)C(=O)O. The molecule has 0 aliphatic carbocycles. The topological polar surface area (TPSA) is 344 Å². The van der Waals surface area contributed by atoms with Gasteiger partial charge in [0.25, 0.3) is 0 Å². The Morgan fingerprint density at radius 2 is 0.909 bits per heavy atom. The van der Waals surface area contributed by atoms with E-state index in [1.807, 2.05) is 0 Å². The Morgan fingerprint density at radius 1 is 0.500 bits per heavy atom. The first kappa shape index (κ1) is 39.6. The third kappa shape index (κ3) is 16.9. The minimum Gasteiger partial charge on any atom is -0.481 e. The van der Waals surface area contributed by atoms with Gasteiger partial charge in [-0.25, -0.2) is 4.79 Å². The van der Waals surface area contributed by atoms with E-state index >= 15 is 0 Å². The molecule has 44 heavy (non-hydrogen) atoms. The molecule has 0 heterocycles. The molecule has 19 nitrogen and oxygen atoms in total. The van der Waals surface area contributed by atoms with Gasteiger partial charge in [-0.1, -0.05) is 6.42 Å². The third-order valence-corrected chi connectivity index (χ3v) is 6.17. The van der Waals surface area contributed by atoms with Crippen molar-refractivity contribution in [2.24, 2.45) is 17.2 Å². The summed E-state index contributed by atoms with van der Waals surface area (Å²) in [5.41, 5.74) is 16.6. The zero-order chi connectivity index (χ0) is 33.8. The molecule has 0 aromatic heterocycles. The van der Waals surface area contributed by atoms with E-state index in [0.717, 1.165) is 0 Å². The molecule has 0 bridgehead atoms. The first-order valence-corrected chi connectivity index (χ1v) is 13.9. The summed E-state index contributed by atoms with van der Waals surface area (Å²) in [5.74, 6) is -10.4. The molecule has 5 atom stereocenters. The maximum absolute atomic E-state index is 13.1. The number of hydrogen-bond acceptors (Lipinski definition) is 11. The first-order chi connectivity index (χ1) is 20.6. The molecule has 0 radical (unpaired) electrons. The van der Waals surface area contributed by atoms with Crippen LogP contribution in [0, 0.1) is 0 Å². The molecule has 0 aromatic rings. The second-order valence-electron chi connectivity index (χ2n) is 9.89. The van der Waals surface area contributed by atoms with Crippen LogP contribution in [0.2, 0.25) is 0 Å². The van der Waals surface area contributed by atoms with Gasteiger partial charge in [-0.05, 0) is 51.6 Å². The molecule has 0 saturated heterocycles. The molecule has 14 N–H and O–H groups in total. The van der Waals surface area contributed by atoms with E-state index in [0.29, 0.717) is 32.2 Å². The van der Waals surface area contributed by atoms with Crippen LogP contribution in [0.5, 0.6) is 0 Å². The van der Waals surface area contributed by atoms with Gasteiger partial charge in [0.1, 0.15) is 24.2 Å². The highest BCUT2D eigenvalue weighted by atomic mass is 16.4. The molecular weight excluding hydrogens is 590 g/mol. The first-order valence-electron chi connectivity index (χ1n) is 13.9. The normalized spacial score (nSPS) is 14.2. The molecule has 19 heteroatoms. The lowest BCUT2D eigenvalue weighted by Gasteiger charge is -2.25. The lowest BCUT2D eigenvalue weighted by molar-refractivity contribution is -0.143. The molecule has 250 valence electrons. The van der Waals surface area contributed by atoms with Gasteiger partial charge in [-0.2, -0.15) is 0 Å². The zero-order valence-electron chi connectivity index (χ0n) is 24.2. The second-order valence-corrected chi connectivity index (χ2v) is 9.89. The fourth-order valence-electron chi connectivity index (χ4n) is 3.79. The molecule has 0 aliphatic rings. The van der Waals surface area contributed by atoms with Gasteiger partial charge < -0.3 is 58.9 Å². The summed E-state index contributed by atoms with van der Waals surface area (Å²) in [4.78, 5) is 96.8. The maximum Gasteiger partial charge on any atom is 0.326 e. The highest BCUT2D eigenvalue weighted by Crippen LogP contribution is 2.07. The number of aliphatic carboxylic acids is 4. The Morgan fingerprint density at radius 3 is 1.34 bits per heavy atom. The Kier molecular flexibility index (Phi) is 19.2. The van der Waals surface area contributed by atoms with E-state index in [9.17, 15) is 53.7 Å². The fraction of sp³-hybridized carbons (Fsp3) is 0.680. The number of hydrogen-bond donors (Lipinski definition) is 11. The van der Waals surface area contributed by atoms with Crippen molar-refractivity contribution in [3.8, 4) is 0 Å².